The zero-order chi connectivity index (χ0) is 65.5. The van der Waals surface area contributed by atoms with Gasteiger partial charge in [-0.15, -0.1) is 0 Å². The zero-order valence-corrected chi connectivity index (χ0v) is 55.4. The first-order valence-electron chi connectivity index (χ1n) is 34.4. The summed E-state index contributed by atoms with van der Waals surface area (Å²) in [4.78, 5) is 0. The molecule has 98 heavy (non-hydrogen) atoms. The predicted molar refractivity (Wildman–Crippen MR) is 405 cm³/mol. The van der Waals surface area contributed by atoms with E-state index in [1.165, 1.54) is 174 Å². The summed E-state index contributed by atoms with van der Waals surface area (Å²) in [5, 5.41) is 25.0. The molecule has 0 fully saturated rings. The van der Waals surface area contributed by atoms with E-state index < -0.39 is 0 Å². The molecule has 17 rings (SSSR count). The normalized spacial score (nSPS) is 12.3. The Labute approximate surface area is 568 Å². The number of hydrogen-bond donors (Lipinski definition) is 0. The van der Waals surface area contributed by atoms with Crippen molar-refractivity contribution >= 4 is 130 Å². The minimum Gasteiger partial charge on any atom is -0.382 e. The molecule has 0 atom stereocenters. The number of hydrogen-bond acceptors (Lipinski definition) is 8. The number of aromatic nitrogens is 2. The third kappa shape index (κ3) is 11.2. The number of nitrogens with zero attached hydrogens (tertiary/aromatic N) is 2. The van der Waals surface area contributed by atoms with Gasteiger partial charge in [-0.05, 0) is 179 Å². The fourth-order valence-electron chi connectivity index (χ4n) is 15.7. The molecule has 2 heterocycles. The van der Waals surface area contributed by atoms with Gasteiger partial charge in [0.15, 0.2) is 0 Å². The van der Waals surface area contributed by atoms with Crippen LogP contribution in [-0.2, 0) is 51.0 Å². The lowest BCUT2D eigenvalue weighted by molar-refractivity contribution is 0.00292. The van der Waals surface area contributed by atoms with Crippen molar-refractivity contribution in [2.75, 3.05) is 107 Å². The summed E-state index contributed by atoms with van der Waals surface area (Å²) in [6, 6.07) is 87.3. The van der Waals surface area contributed by atoms with Gasteiger partial charge in [-0.3, -0.25) is 0 Å². The van der Waals surface area contributed by atoms with Crippen LogP contribution < -0.4 is 0 Å². The Morgan fingerprint density at radius 3 is 0.857 bits per heavy atom. The largest absolute Gasteiger partial charge is 0.382 e. The fraction of sp³-hybridized carbons (Fsp3) is 0.205. The minimum absolute atomic E-state index is 0.496. The van der Waals surface area contributed by atoms with Gasteiger partial charge >= 0.3 is 0 Å². The number of rotatable bonds is 28. The van der Waals surface area contributed by atoms with E-state index in [2.05, 4.69) is 240 Å². The molecule has 0 radical (unpaired) electrons. The molecule has 0 aliphatic heterocycles. The molecule has 0 aliphatic rings. The zero-order valence-electron chi connectivity index (χ0n) is 55.4. The van der Waals surface area contributed by atoms with Gasteiger partial charge in [0, 0.05) is 70.9 Å². The van der Waals surface area contributed by atoms with Gasteiger partial charge in [0.2, 0.25) is 0 Å². The first kappa shape index (κ1) is 61.7. The Morgan fingerprint density at radius 1 is 0.224 bits per heavy atom. The molecule has 0 aliphatic carbocycles. The molecule has 0 N–H and O–H groups in total. The highest BCUT2D eigenvalue weighted by molar-refractivity contribution is 6.28. The standard InChI is InChI=1S/C88H76N2O8/c1-91-41-43-95-49-51-97-47-45-93-39-37-89-79-33-25-63(67-29-21-61-19-17-57-9-7-11-59-23-31-73(67)87(61)83(57)59)53-75(79)77-55-65(27-35-81(77)89)85-69-13-3-5-15-71(69)86(72-16-6-4-14-70(72)85)66-28-36-82-78(56-66)76-54-64(26-34-80(76)90(82)38-40-94-46-48-98-52-50-96-44-42-92-2)68-30-22-62-20-18-58-10-8-12-60-24-32-74(68)88(62)84(58)60/h3-36,53-56H,37-52H2,1-2H3. The van der Waals surface area contributed by atoms with E-state index in [0.717, 1.165) is 0 Å². The number of methoxy groups -OCH3 is 2. The molecule has 486 valence electrons. The predicted octanol–water partition coefficient (Wildman–Crippen LogP) is 20.1. The Balaban J connectivity index is 0.767. The van der Waals surface area contributed by atoms with Crippen LogP contribution in [0.5, 0.6) is 0 Å². The average Bonchev–Trinajstić information content (AvgIpc) is 1.17. The number of benzene rings is 15. The Hall–Kier alpha value is -9.82. The van der Waals surface area contributed by atoms with E-state index in [9.17, 15) is 0 Å². The van der Waals surface area contributed by atoms with Gasteiger partial charge in [0.25, 0.3) is 0 Å². The van der Waals surface area contributed by atoms with E-state index in [1.54, 1.807) is 14.2 Å². The van der Waals surface area contributed by atoms with Crippen molar-refractivity contribution in [1.82, 2.24) is 9.13 Å². The maximum Gasteiger partial charge on any atom is 0.0701 e. The van der Waals surface area contributed by atoms with Crippen LogP contribution in [0, 0.1) is 0 Å². The lowest BCUT2D eigenvalue weighted by atomic mass is 9.85. The van der Waals surface area contributed by atoms with Crippen LogP contribution in [0.2, 0.25) is 0 Å². The highest BCUT2D eigenvalue weighted by atomic mass is 16.6. The van der Waals surface area contributed by atoms with E-state index in [1.807, 2.05) is 0 Å². The minimum atomic E-state index is 0.496. The molecule has 0 bridgehead atoms. The smallest absolute Gasteiger partial charge is 0.0701 e. The molecule has 0 unspecified atom stereocenters. The van der Waals surface area contributed by atoms with Crippen LogP contribution in [0.3, 0.4) is 0 Å². The van der Waals surface area contributed by atoms with E-state index in [0.29, 0.717) is 106 Å². The van der Waals surface area contributed by atoms with E-state index in [4.69, 9.17) is 37.9 Å². The monoisotopic (exact) mass is 1290 g/mol. The van der Waals surface area contributed by atoms with Crippen molar-refractivity contribution in [1.29, 1.82) is 0 Å². The van der Waals surface area contributed by atoms with Crippen LogP contribution in [0.4, 0.5) is 0 Å². The number of ether oxygens (including phenoxy) is 8. The van der Waals surface area contributed by atoms with Crippen LogP contribution >= 0.6 is 0 Å². The Kier molecular flexibility index (Phi) is 17.2. The van der Waals surface area contributed by atoms with Gasteiger partial charge in [0.1, 0.15) is 0 Å². The summed E-state index contributed by atoms with van der Waals surface area (Å²) in [5.74, 6) is 0. The van der Waals surface area contributed by atoms with Crippen molar-refractivity contribution in [3.63, 3.8) is 0 Å². The maximum atomic E-state index is 6.31. The second-order valence-corrected chi connectivity index (χ2v) is 25.7. The third-order valence-electron chi connectivity index (χ3n) is 20.2. The van der Waals surface area contributed by atoms with Crippen molar-refractivity contribution in [2.45, 2.75) is 13.1 Å². The number of fused-ring (bicyclic) bond motifs is 8. The second kappa shape index (κ2) is 27.2. The summed E-state index contributed by atoms with van der Waals surface area (Å²) in [6.45, 7) is 8.76. The van der Waals surface area contributed by atoms with Crippen molar-refractivity contribution < 1.29 is 37.9 Å². The first-order chi connectivity index (χ1) is 48.6. The van der Waals surface area contributed by atoms with Crippen molar-refractivity contribution in [3.8, 4) is 44.5 Å². The highest BCUT2D eigenvalue weighted by Gasteiger charge is 2.23. The Bertz CT molecular complexity index is 5350. The lowest BCUT2D eigenvalue weighted by Gasteiger charge is -2.18. The summed E-state index contributed by atoms with van der Waals surface area (Å²) < 4.78 is 50.7. The Morgan fingerprint density at radius 2 is 0.510 bits per heavy atom. The fourth-order valence-corrected chi connectivity index (χ4v) is 15.7. The molecule has 0 saturated carbocycles. The quantitative estimate of drug-likeness (QED) is 0.0272. The SMILES string of the molecule is COCCOCCOCCOCCn1c2ccc(-c3c4ccccc4c(-c4ccc5c(c4)c4cc(-c6ccc7ccc8cccc9ccc6c7c89)ccc4n5CCOCCOCCOCCOC)c4ccccc34)cc2c2cc(-c3ccc4ccc5cccc6ccc3c4c56)ccc21. The molecule has 0 spiro atoms. The van der Waals surface area contributed by atoms with E-state index >= 15 is 0 Å². The van der Waals surface area contributed by atoms with Crippen LogP contribution in [0.15, 0.2) is 231 Å². The maximum absolute atomic E-state index is 6.31. The molecule has 0 amide bonds. The summed E-state index contributed by atoms with van der Waals surface area (Å²) in [7, 11) is 3.36. The summed E-state index contributed by atoms with van der Waals surface area (Å²) >= 11 is 0. The van der Waals surface area contributed by atoms with Crippen LogP contribution in [-0.4, -0.2) is 116 Å². The van der Waals surface area contributed by atoms with Gasteiger partial charge in [-0.2, -0.15) is 0 Å². The van der Waals surface area contributed by atoms with Crippen LogP contribution in [0.25, 0.3) is 174 Å². The van der Waals surface area contributed by atoms with Crippen molar-refractivity contribution in [2.24, 2.45) is 0 Å². The average molecular weight is 1290 g/mol. The molecular weight excluding hydrogens is 1210 g/mol. The van der Waals surface area contributed by atoms with Crippen LogP contribution in [0.1, 0.15) is 0 Å². The lowest BCUT2D eigenvalue weighted by Crippen LogP contribution is -2.13. The second-order valence-electron chi connectivity index (χ2n) is 25.7. The van der Waals surface area contributed by atoms with Crippen molar-refractivity contribution in [3.05, 3.63) is 231 Å². The van der Waals surface area contributed by atoms with Gasteiger partial charge < -0.3 is 47.0 Å². The van der Waals surface area contributed by atoms with Gasteiger partial charge in [0.05, 0.1) is 92.5 Å². The first-order valence-corrected chi connectivity index (χ1v) is 34.4. The molecule has 2 aromatic heterocycles. The molecule has 15 aromatic carbocycles. The molecule has 10 nitrogen and oxygen atoms in total. The topological polar surface area (TPSA) is 83.7 Å². The molecule has 0 saturated heterocycles. The molecule has 17 aromatic rings. The summed E-state index contributed by atoms with van der Waals surface area (Å²) in [5.41, 5.74) is 14.3. The van der Waals surface area contributed by atoms with E-state index in [-0.39, 0.29) is 0 Å². The third-order valence-corrected chi connectivity index (χ3v) is 20.2. The molecular formula is C88H76N2O8. The summed E-state index contributed by atoms with van der Waals surface area (Å²) in [6.07, 6.45) is 0. The molecule has 10 heteroatoms. The highest BCUT2D eigenvalue weighted by Crippen LogP contribution is 2.48. The van der Waals surface area contributed by atoms with Gasteiger partial charge in [-0.1, -0.05) is 182 Å². The van der Waals surface area contributed by atoms with Gasteiger partial charge in [-0.25, -0.2) is 0 Å².